The van der Waals surface area contributed by atoms with Crippen LogP contribution in [-0.2, 0) is 27.2 Å². The molecule has 1 aliphatic carbocycles. The standard InChI is InChI=1S/C22H31NO5S/c1-15(2)28-22(27)20-16-11-9-7-5-3-4-6-8-10-12-17(16)29-21(20)23-18(24)13-14-19(25)26/h13-15H,3-12H2,1-2H3,(H,23,24)(H,25,26)/b14-13+. The van der Waals surface area contributed by atoms with Gasteiger partial charge < -0.3 is 15.2 Å². The van der Waals surface area contributed by atoms with E-state index in [1.807, 2.05) is 0 Å². The molecular weight excluding hydrogens is 390 g/mol. The lowest BCUT2D eigenvalue weighted by Crippen LogP contribution is -2.16. The third kappa shape index (κ3) is 7.65. The van der Waals surface area contributed by atoms with Crippen LogP contribution in [-0.4, -0.2) is 29.1 Å². The number of anilines is 1. The molecular formula is C22H31NO5S. The molecule has 0 fully saturated rings. The van der Waals surface area contributed by atoms with E-state index in [4.69, 9.17) is 9.84 Å². The van der Waals surface area contributed by atoms with Gasteiger partial charge in [0.15, 0.2) is 0 Å². The number of carboxylic acid groups (broad SMARTS) is 1. The molecule has 0 saturated heterocycles. The van der Waals surface area contributed by atoms with Crippen LogP contribution in [0.2, 0.25) is 0 Å². The van der Waals surface area contributed by atoms with Gasteiger partial charge in [0.1, 0.15) is 5.00 Å². The molecule has 6 nitrogen and oxygen atoms in total. The molecule has 0 spiro atoms. The van der Waals surface area contributed by atoms with Gasteiger partial charge in [-0.3, -0.25) is 4.79 Å². The average molecular weight is 422 g/mol. The normalized spacial score (nSPS) is 16.0. The van der Waals surface area contributed by atoms with Gasteiger partial charge in [0.05, 0.1) is 11.7 Å². The molecule has 0 unspecified atom stereocenters. The summed E-state index contributed by atoms with van der Waals surface area (Å²) in [6, 6.07) is 0. The molecule has 0 bridgehead atoms. The molecule has 1 aliphatic rings. The Hall–Kier alpha value is -2.15. The zero-order valence-corrected chi connectivity index (χ0v) is 18.1. The number of nitrogens with one attached hydrogen (secondary N) is 1. The molecule has 29 heavy (non-hydrogen) atoms. The highest BCUT2D eigenvalue weighted by Crippen LogP contribution is 2.37. The summed E-state index contributed by atoms with van der Waals surface area (Å²) in [5, 5.41) is 11.9. The number of carboxylic acids is 1. The SMILES string of the molecule is CC(C)OC(=O)c1c(NC(=O)/C=C/C(=O)O)sc2c1CCCCCCCCCC2. The van der Waals surface area contributed by atoms with E-state index in [9.17, 15) is 14.4 Å². The lowest BCUT2D eigenvalue weighted by molar-refractivity contribution is -0.131. The molecule has 1 heterocycles. The number of hydrogen-bond acceptors (Lipinski definition) is 5. The van der Waals surface area contributed by atoms with Gasteiger partial charge in [-0.15, -0.1) is 11.3 Å². The Labute approximate surface area is 176 Å². The first-order chi connectivity index (χ1) is 13.9. The van der Waals surface area contributed by atoms with Crippen molar-refractivity contribution in [1.29, 1.82) is 0 Å². The summed E-state index contributed by atoms with van der Waals surface area (Å²) in [5.74, 6) is -2.19. The predicted molar refractivity (Wildman–Crippen MR) is 115 cm³/mol. The second-order valence-corrected chi connectivity index (χ2v) is 8.76. The minimum atomic E-state index is -1.20. The third-order valence-electron chi connectivity index (χ3n) is 4.83. The second kappa shape index (κ2) is 11.8. The highest BCUT2D eigenvalue weighted by atomic mass is 32.1. The van der Waals surface area contributed by atoms with Gasteiger partial charge in [0.25, 0.3) is 0 Å². The predicted octanol–water partition coefficient (Wildman–Crippen LogP) is 5.11. The molecule has 2 rings (SSSR count). The topological polar surface area (TPSA) is 92.7 Å². The number of aryl methyl sites for hydroxylation is 1. The Kier molecular flexibility index (Phi) is 9.38. The van der Waals surface area contributed by atoms with Crippen molar-refractivity contribution in [3.8, 4) is 0 Å². The monoisotopic (exact) mass is 421 g/mol. The van der Waals surface area contributed by atoms with E-state index in [-0.39, 0.29) is 6.10 Å². The number of ether oxygens (including phenoxy) is 1. The lowest BCUT2D eigenvalue weighted by atomic mass is 9.97. The maximum Gasteiger partial charge on any atom is 0.341 e. The fraction of sp³-hybridized carbons (Fsp3) is 0.591. The summed E-state index contributed by atoms with van der Waals surface area (Å²) in [7, 11) is 0. The average Bonchev–Trinajstić information content (AvgIpc) is 2.96. The van der Waals surface area contributed by atoms with Gasteiger partial charge in [-0.1, -0.05) is 38.5 Å². The minimum Gasteiger partial charge on any atom is -0.478 e. The smallest absolute Gasteiger partial charge is 0.341 e. The summed E-state index contributed by atoms with van der Waals surface area (Å²) < 4.78 is 5.46. The zero-order chi connectivity index (χ0) is 21.2. The fourth-order valence-electron chi connectivity index (χ4n) is 3.50. The number of aliphatic carboxylic acids is 1. The van der Waals surface area contributed by atoms with Crippen molar-refractivity contribution in [1.82, 2.24) is 0 Å². The first-order valence-electron chi connectivity index (χ1n) is 10.5. The molecule has 1 aromatic rings. The molecule has 0 radical (unpaired) electrons. The van der Waals surface area contributed by atoms with E-state index in [1.54, 1.807) is 13.8 Å². The fourth-order valence-corrected chi connectivity index (χ4v) is 4.78. The van der Waals surface area contributed by atoms with Crippen molar-refractivity contribution >= 4 is 34.2 Å². The summed E-state index contributed by atoms with van der Waals surface area (Å²) in [4.78, 5) is 36.8. The van der Waals surface area contributed by atoms with E-state index in [2.05, 4.69) is 5.32 Å². The molecule has 0 aliphatic heterocycles. The van der Waals surface area contributed by atoms with E-state index < -0.39 is 17.8 Å². The van der Waals surface area contributed by atoms with Crippen molar-refractivity contribution in [3.63, 3.8) is 0 Å². The number of carbonyl (C=O) groups is 3. The number of hydrogen-bond donors (Lipinski definition) is 2. The summed E-state index contributed by atoms with van der Waals surface area (Å²) in [6.45, 7) is 3.59. The van der Waals surface area contributed by atoms with Gasteiger partial charge in [-0.2, -0.15) is 0 Å². The summed E-state index contributed by atoms with van der Waals surface area (Å²) >= 11 is 1.42. The Morgan fingerprint density at radius 2 is 1.55 bits per heavy atom. The number of rotatable bonds is 5. The van der Waals surface area contributed by atoms with Gasteiger partial charge in [-0.05, 0) is 45.1 Å². The highest BCUT2D eigenvalue weighted by molar-refractivity contribution is 7.17. The van der Waals surface area contributed by atoms with E-state index in [0.717, 1.165) is 61.1 Å². The molecule has 2 N–H and O–H groups in total. The van der Waals surface area contributed by atoms with Crippen molar-refractivity contribution in [2.24, 2.45) is 0 Å². The maximum absolute atomic E-state index is 12.9. The molecule has 0 aromatic carbocycles. The minimum absolute atomic E-state index is 0.264. The molecule has 0 saturated carbocycles. The van der Waals surface area contributed by atoms with Crippen LogP contribution in [0.3, 0.4) is 0 Å². The Morgan fingerprint density at radius 3 is 2.14 bits per heavy atom. The van der Waals surface area contributed by atoms with Crippen LogP contribution >= 0.6 is 11.3 Å². The van der Waals surface area contributed by atoms with Crippen molar-refractivity contribution < 1.29 is 24.2 Å². The van der Waals surface area contributed by atoms with Crippen LogP contribution in [0.5, 0.6) is 0 Å². The summed E-state index contributed by atoms with van der Waals surface area (Å²) in [6.07, 6.45) is 12.4. The van der Waals surface area contributed by atoms with Crippen molar-refractivity contribution in [3.05, 3.63) is 28.2 Å². The van der Waals surface area contributed by atoms with E-state index in [0.29, 0.717) is 10.6 Å². The van der Waals surface area contributed by atoms with Crippen molar-refractivity contribution in [2.45, 2.75) is 84.2 Å². The van der Waals surface area contributed by atoms with Crippen LogP contribution in [0.1, 0.15) is 86.0 Å². The Bertz CT molecular complexity index is 751. The quantitative estimate of drug-likeness (QED) is 0.509. The van der Waals surface area contributed by atoms with E-state index >= 15 is 0 Å². The molecule has 1 amide bonds. The van der Waals surface area contributed by atoms with Crippen LogP contribution in [0, 0.1) is 0 Å². The Morgan fingerprint density at radius 1 is 0.966 bits per heavy atom. The number of carbonyl (C=O) groups excluding carboxylic acids is 2. The van der Waals surface area contributed by atoms with Crippen LogP contribution in [0.15, 0.2) is 12.2 Å². The maximum atomic E-state index is 12.9. The first kappa shape index (κ1) is 23.1. The number of thiophene rings is 1. The third-order valence-corrected chi connectivity index (χ3v) is 6.04. The van der Waals surface area contributed by atoms with Gasteiger partial charge in [0, 0.05) is 17.0 Å². The number of esters is 1. The van der Waals surface area contributed by atoms with Crippen LogP contribution in [0.25, 0.3) is 0 Å². The highest BCUT2D eigenvalue weighted by Gasteiger charge is 2.26. The lowest BCUT2D eigenvalue weighted by Gasteiger charge is -2.12. The molecule has 0 atom stereocenters. The molecule has 7 heteroatoms. The molecule has 1 aromatic heterocycles. The van der Waals surface area contributed by atoms with Crippen LogP contribution in [0.4, 0.5) is 5.00 Å². The Balaban J connectivity index is 2.36. The second-order valence-electron chi connectivity index (χ2n) is 7.65. The van der Waals surface area contributed by atoms with Crippen molar-refractivity contribution in [2.75, 3.05) is 5.32 Å². The summed E-state index contributed by atoms with van der Waals surface area (Å²) in [5.41, 5.74) is 1.42. The number of fused-ring (bicyclic) bond motifs is 1. The first-order valence-corrected chi connectivity index (χ1v) is 11.3. The zero-order valence-electron chi connectivity index (χ0n) is 17.3. The molecule has 160 valence electrons. The van der Waals surface area contributed by atoms with E-state index in [1.165, 1.54) is 37.0 Å². The largest absolute Gasteiger partial charge is 0.478 e. The van der Waals surface area contributed by atoms with Crippen LogP contribution < -0.4 is 5.32 Å². The van der Waals surface area contributed by atoms with Gasteiger partial charge in [-0.25, -0.2) is 9.59 Å². The number of amides is 1. The van der Waals surface area contributed by atoms with Gasteiger partial charge in [0.2, 0.25) is 5.91 Å². The van der Waals surface area contributed by atoms with Gasteiger partial charge >= 0.3 is 11.9 Å².